The Labute approximate surface area is 232 Å². The van der Waals surface area contributed by atoms with E-state index in [2.05, 4.69) is 15.3 Å². The maximum atomic E-state index is 14.0. The predicted octanol–water partition coefficient (Wildman–Crippen LogP) is 2.60. The summed E-state index contributed by atoms with van der Waals surface area (Å²) in [5.74, 6) is -3.17. The molecule has 2 N–H and O–H groups in total. The number of carboxylic acids is 1. The van der Waals surface area contributed by atoms with E-state index in [9.17, 15) is 24.3 Å². The summed E-state index contributed by atoms with van der Waals surface area (Å²) in [6.45, 7) is 3.83. The van der Waals surface area contributed by atoms with E-state index < -0.39 is 41.8 Å². The summed E-state index contributed by atoms with van der Waals surface area (Å²) in [4.78, 5) is 60.5. The van der Waals surface area contributed by atoms with Crippen LogP contribution >= 0.6 is 0 Å². The number of oxime groups is 1. The molecule has 11 heteroatoms. The normalized spacial score (nSPS) is 17.6. The number of aryl methyl sites for hydroxylation is 1. The highest BCUT2D eigenvalue weighted by atomic mass is 16.7. The summed E-state index contributed by atoms with van der Waals surface area (Å²) >= 11 is 0. The molecule has 3 atom stereocenters. The molecule has 0 radical (unpaired) electrons. The molecular formula is C29H33N5O6. The van der Waals surface area contributed by atoms with Crippen molar-refractivity contribution in [2.45, 2.75) is 57.2 Å². The van der Waals surface area contributed by atoms with Crippen LogP contribution in [0.1, 0.15) is 44.2 Å². The van der Waals surface area contributed by atoms with Gasteiger partial charge in [-0.05, 0) is 17.9 Å². The van der Waals surface area contributed by atoms with Crippen LogP contribution in [0.4, 0.5) is 0 Å². The summed E-state index contributed by atoms with van der Waals surface area (Å²) in [5.41, 5.74) is 9.03. The zero-order valence-electron chi connectivity index (χ0n) is 22.7. The van der Waals surface area contributed by atoms with E-state index in [0.29, 0.717) is 23.9 Å². The van der Waals surface area contributed by atoms with Crippen molar-refractivity contribution in [1.82, 2.24) is 10.2 Å². The number of rotatable bonds is 13. The van der Waals surface area contributed by atoms with Gasteiger partial charge in [-0.3, -0.25) is 19.2 Å². The predicted molar refractivity (Wildman–Crippen MR) is 146 cm³/mol. The number of carboxylic acid groups (broad SMARTS) is 1. The maximum Gasteiger partial charge on any atom is 0.325 e. The molecule has 2 amide bonds. The van der Waals surface area contributed by atoms with Gasteiger partial charge in [-0.15, -0.1) is 0 Å². The topological polar surface area (TPSA) is 162 Å². The molecule has 210 valence electrons. The van der Waals surface area contributed by atoms with Crippen molar-refractivity contribution in [2.24, 2.45) is 11.1 Å². The van der Waals surface area contributed by atoms with E-state index in [4.69, 9.17) is 10.4 Å². The third-order valence-electron chi connectivity index (χ3n) is 6.83. The number of ketones is 1. The fourth-order valence-corrected chi connectivity index (χ4v) is 4.67. The number of carbonyl (C=O) groups excluding carboxylic acids is 3. The molecule has 1 unspecified atom stereocenters. The highest BCUT2D eigenvalue weighted by Gasteiger charge is 2.53. The molecule has 1 aliphatic rings. The van der Waals surface area contributed by atoms with Gasteiger partial charge in [0.15, 0.2) is 0 Å². The van der Waals surface area contributed by atoms with Crippen molar-refractivity contribution in [3.8, 4) is 0 Å². The Balaban J connectivity index is 1.87. The van der Waals surface area contributed by atoms with Crippen molar-refractivity contribution >= 4 is 35.5 Å². The fraction of sp³-hybridized carbons (Fsp3) is 0.379. The first kappa shape index (κ1) is 29.9. The lowest BCUT2D eigenvalue weighted by molar-refractivity contribution is -0.160. The molecule has 0 fully saturated rings. The lowest BCUT2D eigenvalue weighted by atomic mass is 9.83. The van der Waals surface area contributed by atoms with Crippen LogP contribution < -0.4 is 5.32 Å². The van der Waals surface area contributed by atoms with Gasteiger partial charge in [-0.1, -0.05) is 79.7 Å². The van der Waals surface area contributed by atoms with Crippen molar-refractivity contribution in [2.75, 3.05) is 7.05 Å². The molecule has 1 heterocycles. The van der Waals surface area contributed by atoms with Crippen LogP contribution in [0.3, 0.4) is 0 Å². The number of nitrogens with zero attached hydrogens (tertiary/aromatic N) is 4. The Morgan fingerprint density at radius 3 is 2.33 bits per heavy atom. The highest BCUT2D eigenvalue weighted by molar-refractivity contribution is 6.28. The van der Waals surface area contributed by atoms with Gasteiger partial charge in [0.2, 0.25) is 11.5 Å². The lowest BCUT2D eigenvalue weighted by Crippen LogP contribution is -2.53. The van der Waals surface area contributed by atoms with E-state index in [0.717, 1.165) is 10.5 Å². The fourth-order valence-electron chi connectivity index (χ4n) is 4.67. The number of nitrogens with one attached hydrogen (secondary N) is 1. The minimum atomic E-state index is -1.71. The molecule has 0 aromatic heterocycles. The van der Waals surface area contributed by atoms with Crippen molar-refractivity contribution in [1.29, 1.82) is 0 Å². The molecule has 2 aromatic rings. The van der Waals surface area contributed by atoms with Crippen LogP contribution in [-0.2, 0) is 36.0 Å². The van der Waals surface area contributed by atoms with Crippen LogP contribution in [-0.4, -0.2) is 69.4 Å². The Kier molecular flexibility index (Phi) is 10.1. The van der Waals surface area contributed by atoms with E-state index in [-0.39, 0.29) is 24.7 Å². The Hall–Kier alpha value is -4.63. The monoisotopic (exact) mass is 547 g/mol. The second kappa shape index (κ2) is 13.4. The zero-order chi connectivity index (χ0) is 29.3. The first-order valence-corrected chi connectivity index (χ1v) is 12.9. The van der Waals surface area contributed by atoms with Gasteiger partial charge in [-0.25, -0.2) is 0 Å². The summed E-state index contributed by atoms with van der Waals surface area (Å²) in [7, 11) is 1.29. The van der Waals surface area contributed by atoms with E-state index >= 15 is 0 Å². The minimum absolute atomic E-state index is 0.0376. The first-order chi connectivity index (χ1) is 19.1. The Morgan fingerprint density at radius 2 is 1.75 bits per heavy atom. The number of amides is 2. The highest BCUT2D eigenvalue weighted by Crippen LogP contribution is 2.38. The van der Waals surface area contributed by atoms with Crippen LogP contribution in [0.5, 0.6) is 0 Å². The number of benzene rings is 2. The van der Waals surface area contributed by atoms with Gasteiger partial charge in [-0.2, -0.15) is 4.79 Å². The van der Waals surface area contributed by atoms with E-state index in [1.165, 1.54) is 7.05 Å². The van der Waals surface area contributed by atoms with Crippen LogP contribution in [0.15, 0.2) is 65.8 Å². The SMILES string of the molecule is CC(C)[C@H](NC(=O)CCc1ccccc1)C1=NOC(C(=O)N(C)[C@@H](CC(=O)O)C(=O)C=[N+]=[N-])(c2ccccc2)C1. The molecule has 0 saturated carbocycles. The van der Waals surface area contributed by atoms with Crippen LogP contribution in [0.2, 0.25) is 0 Å². The van der Waals surface area contributed by atoms with Gasteiger partial charge in [0.05, 0.1) is 18.2 Å². The summed E-state index contributed by atoms with van der Waals surface area (Å²) in [6, 6.07) is 16.2. The molecule has 1 aliphatic heterocycles. The van der Waals surface area contributed by atoms with Crippen LogP contribution in [0, 0.1) is 5.92 Å². The number of hydrogen-bond acceptors (Lipinski definition) is 6. The minimum Gasteiger partial charge on any atom is -0.481 e. The van der Waals surface area contributed by atoms with Gasteiger partial charge in [0.1, 0.15) is 6.04 Å². The third kappa shape index (κ3) is 7.06. The average molecular weight is 548 g/mol. The molecule has 3 rings (SSSR count). The van der Waals surface area contributed by atoms with Gasteiger partial charge in [0.25, 0.3) is 11.7 Å². The lowest BCUT2D eigenvalue weighted by Gasteiger charge is -2.33. The molecular weight excluding hydrogens is 514 g/mol. The van der Waals surface area contributed by atoms with Crippen molar-refractivity contribution in [3.63, 3.8) is 0 Å². The quantitative estimate of drug-likeness (QED) is 0.223. The summed E-state index contributed by atoms with van der Waals surface area (Å²) < 4.78 is 0. The van der Waals surface area contributed by atoms with Crippen molar-refractivity contribution < 1.29 is 33.9 Å². The molecule has 2 aromatic carbocycles. The second-order valence-corrected chi connectivity index (χ2v) is 10.00. The number of hydrogen-bond donors (Lipinski definition) is 2. The van der Waals surface area contributed by atoms with Gasteiger partial charge < -0.3 is 25.7 Å². The van der Waals surface area contributed by atoms with Crippen LogP contribution in [0.25, 0.3) is 5.53 Å². The summed E-state index contributed by atoms with van der Waals surface area (Å²) in [6.07, 6.45) is 0.637. The van der Waals surface area contributed by atoms with E-state index in [1.807, 2.05) is 44.2 Å². The summed E-state index contributed by atoms with van der Waals surface area (Å²) in [5, 5.41) is 16.6. The molecule has 11 nitrogen and oxygen atoms in total. The van der Waals surface area contributed by atoms with Gasteiger partial charge >= 0.3 is 12.2 Å². The largest absolute Gasteiger partial charge is 0.481 e. The third-order valence-corrected chi connectivity index (χ3v) is 6.83. The smallest absolute Gasteiger partial charge is 0.325 e. The molecule has 0 saturated heterocycles. The molecule has 0 bridgehead atoms. The standard InChI is InChI=1S/C29H33N5O6/c1-19(2)27(32-25(36)15-14-20-10-6-4-7-11-20)22-17-29(40-33-22,21-12-8-5-9-13-21)28(39)34(3)23(16-26(37)38)24(35)18-31-30/h4-13,18-19,23,27H,14-17H2,1-3H3,(H,32,36)(H,37,38)/t23-,27-,29?/m0/s1. The maximum absolute atomic E-state index is 14.0. The Bertz CT molecular complexity index is 1310. The molecule has 0 aliphatic carbocycles. The number of Topliss-reactive ketones (excluding diaryl/α,β-unsaturated/α-hetero) is 1. The molecule has 40 heavy (non-hydrogen) atoms. The first-order valence-electron chi connectivity index (χ1n) is 12.9. The van der Waals surface area contributed by atoms with Gasteiger partial charge in [0, 0.05) is 25.5 Å². The number of carbonyl (C=O) groups is 4. The second-order valence-electron chi connectivity index (χ2n) is 10.00. The molecule has 0 spiro atoms. The van der Waals surface area contributed by atoms with E-state index in [1.54, 1.807) is 30.3 Å². The Morgan fingerprint density at radius 1 is 1.12 bits per heavy atom. The zero-order valence-corrected chi connectivity index (χ0v) is 22.7. The van der Waals surface area contributed by atoms with Crippen molar-refractivity contribution in [3.05, 3.63) is 77.3 Å². The average Bonchev–Trinajstić information content (AvgIpc) is 3.40. The number of likely N-dealkylation sites (N-methyl/N-ethyl adjacent to an activating group) is 1. The number of aliphatic carboxylic acids is 1.